The molecule has 100 valence electrons. The van der Waals surface area contributed by atoms with Crippen molar-refractivity contribution in [2.24, 2.45) is 0 Å². The van der Waals surface area contributed by atoms with Crippen LogP contribution in [0, 0.1) is 0 Å². The fourth-order valence-electron chi connectivity index (χ4n) is 1.75. The smallest absolute Gasteiger partial charge is 0.182 e. The number of carbonyl (C=O) groups is 1. The Morgan fingerprint density at radius 3 is 2.20 bits per heavy atom. The molecule has 0 unspecified atom stereocenters. The van der Waals surface area contributed by atoms with E-state index >= 15 is 0 Å². The SMILES string of the molecule is CC(=Cc1ccccc1)C(=O)C=CNc1ccccc1. The van der Waals surface area contributed by atoms with E-state index in [4.69, 9.17) is 0 Å². The highest BCUT2D eigenvalue weighted by atomic mass is 16.1. The predicted molar refractivity (Wildman–Crippen MR) is 84.3 cm³/mol. The van der Waals surface area contributed by atoms with Gasteiger partial charge in [0.15, 0.2) is 5.78 Å². The topological polar surface area (TPSA) is 29.1 Å². The summed E-state index contributed by atoms with van der Waals surface area (Å²) >= 11 is 0. The molecule has 0 amide bonds. The van der Waals surface area contributed by atoms with Crippen molar-refractivity contribution in [1.82, 2.24) is 0 Å². The molecule has 2 rings (SSSR count). The average Bonchev–Trinajstić information content (AvgIpc) is 2.49. The molecular weight excluding hydrogens is 246 g/mol. The highest BCUT2D eigenvalue weighted by Gasteiger charge is 1.99. The summed E-state index contributed by atoms with van der Waals surface area (Å²) in [5.74, 6) is -0.00251. The van der Waals surface area contributed by atoms with Gasteiger partial charge in [0.05, 0.1) is 0 Å². The van der Waals surface area contributed by atoms with E-state index in [1.165, 1.54) is 0 Å². The first-order valence-electron chi connectivity index (χ1n) is 6.51. The first kappa shape index (κ1) is 13.8. The third-order valence-electron chi connectivity index (χ3n) is 2.83. The van der Waals surface area contributed by atoms with E-state index in [0.29, 0.717) is 5.57 Å². The molecule has 20 heavy (non-hydrogen) atoms. The quantitative estimate of drug-likeness (QED) is 0.815. The Kier molecular flexibility index (Phi) is 4.90. The minimum absolute atomic E-state index is 0.00251. The molecule has 2 aromatic carbocycles. The minimum atomic E-state index is -0.00251. The van der Waals surface area contributed by atoms with Crippen molar-refractivity contribution >= 4 is 17.5 Å². The molecule has 0 spiro atoms. The lowest BCUT2D eigenvalue weighted by Crippen LogP contribution is -1.96. The molecule has 2 nitrogen and oxygen atoms in total. The van der Waals surface area contributed by atoms with Crippen LogP contribution in [0.2, 0.25) is 0 Å². The fourth-order valence-corrected chi connectivity index (χ4v) is 1.75. The maximum absolute atomic E-state index is 11.9. The molecule has 0 radical (unpaired) electrons. The van der Waals surface area contributed by atoms with Gasteiger partial charge in [-0.05, 0) is 36.3 Å². The van der Waals surface area contributed by atoms with E-state index in [1.807, 2.05) is 73.7 Å². The first-order valence-corrected chi connectivity index (χ1v) is 6.51. The molecule has 0 saturated carbocycles. The molecule has 0 heterocycles. The average molecular weight is 263 g/mol. The zero-order chi connectivity index (χ0) is 14.2. The number of allylic oxidation sites excluding steroid dienone is 2. The lowest BCUT2D eigenvalue weighted by atomic mass is 10.1. The summed E-state index contributed by atoms with van der Waals surface area (Å²) in [4.78, 5) is 11.9. The second-order valence-corrected chi connectivity index (χ2v) is 4.45. The number of rotatable bonds is 5. The number of carbonyl (C=O) groups excluding carboxylic acids is 1. The summed E-state index contributed by atoms with van der Waals surface area (Å²) in [5, 5.41) is 3.07. The van der Waals surface area contributed by atoms with E-state index in [-0.39, 0.29) is 5.78 Å². The Hall–Kier alpha value is -2.61. The third kappa shape index (κ3) is 4.25. The second kappa shape index (κ2) is 7.10. The number of anilines is 1. The van der Waals surface area contributed by atoms with Crippen molar-refractivity contribution in [1.29, 1.82) is 0 Å². The molecule has 1 N–H and O–H groups in total. The molecule has 0 bridgehead atoms. The van der Waals surface area contributed by atoms with Crippen molar-refractivity contribution < 1.29 is 4.79 Å². The number of nitrogens with one attached hydrogen (secondary N) is 1. The van der Waals surface area contributed by atoms with Crippen LogP contribution in [0.5, 0.6) is 0 Å². The van der Waals surface area contributed by atoms with Gasteiger partial charge in [0.1, 0.15) is 0 Å². The van der Waals surface area contributed by atoms with Gasteiger partial charge in [0.25, 0.3) is 0 Å². The zero-order valence-electron chi connectivity index (χ0n) is 11.4. The molecular formula is C18H17NO. The molecule has 0 aromatic heterocycles. The third-order valence-corrected chi connectivity index (χ3v) is 2.83. The predicted octanol–water partition coefficient (Wildman–Crippen LogP) is 4.28. The highest BCUT2D eigenvalue weighted by molar-refractivity contribution is 6.06. The normalized spacial score (nSPS) is 11.6. The maximum Gasteiger partial charge on any atom is 0.182 e. The molecule has 0 aliphatic carbocycles. The number of hydrogen-bond donors (Lipinski definition) is 1. The lowest BCUT2D eigenvalue weighted by molar-refractivity contribution is -0.111. The van der Waals surface area contributed by atoms with Gasteiger partial charge in [-0.3, -0.25) is 4.79 Å². The van der Waals surface area contributed by atoms with E-state index in [0.717, 1.165) is 11.3 Å². The Balaban J connectivity index is 1.96. The summed E-state index contributed by atoms with van der Waals surface area (Å²) in [7, 11) is 0. The van der Waals surface area contributed by atoms with E-state index in [9.17, 15) is 4.79 Å². The Morgan fingerprint density at radius 1 is 0.950 bits per heavy atom. The monoisotopic (exact) mass is 263 g/mol. The summed E-state index contributed by atoms with van der Waals surface area (Å²) in [5.41, 5.74) is 2.70. The van der Waals surface area contributed by atoms with Gasteiger partial charge in [-0.1, -0.05) is 48.5 Å². The van der Waals surface area contributed by atoms with Crippen molar-refractivity contribution in [2.75, 3.05) is 5.32 Å². The molecule has 0 atom stereocenters. The summed E-state index contributed by atoms with van der Waals surface area (Å²) in [6.45, 7) is 1.82. The van der Waals surface area contributed by atoms with Crippen molar-refractivity contribution in [3.63, 3.8) is 0 Å². The van der Waals surface area contributed by atoms with Crippen LogP contribution in [0.4, 0.5) is 5.69 Å². The van der Waals surface area contributed by atoms with Gasteiger partial charge in [-0.25, -0.2) is 0 Å². The Morgan fingerprint density at radius 2 is 1.55 bits per heavy atom. The van der Waals surface area contributed by atoms with Crippen LogP contribution in [0.3, 0.4) is 0 Å². The van der Waals surface area contributed by atoms with E-state index < -0.39 is 0 Å². The lowest BCUT2D eigenvalue weighted by Gasteiger charge is -1.99. The van der Waals surface area contributed by atoms with Crippen LogP contribution in [-0.4, -0.2) is 5.78 Å². The number of ketones is 1. The van der Waals surface area contributed by atoms with Gasteiger partial charge in [0, 0.05) is 18.0 Å². The van der Waals surface area contributed by atoms with Crippen LogP contribution >= 0.6 is 0 Å². The van der Waals surface area contributed by atoms with Gasteiger partial charge >= 0.3 is 0 Å². The molecule has 0 aliphatic rings. The minimum Gasteiger partial charge on any atom is -0.362 e. The van der Waals surface area contributed by atoms with Gasteiger partial charge in [-0.2, -0.15) is 0 Å². The summed E-state index contributed by atoms with van der Waals surface area (Å²) in [6, 6.07) is 19.5. The largest absolute Gasteiger partial charge is 0.362 e. The Bertz CT molecular complexity index is 612. The standard InChI is InChI=1S/C18H17NO/c1-15(14-16-8-4-2-5-9-16)18(20)12-13-19-17-10-6-3-7-11-17/h2-14,19H,1H3. The second-order valence-electron chi connectivity index (χ2n) is 4.45. The van der Waals surface area contributed by atoms with Crippen LogP contribution in [0.1, 0.15) is 12.5 Å². The van der Waals surface area contributed by atoms with E-state index in [1.54, 1.807) is 12.3 Å². The van der Waals surface area contributed by atoms with Gasteiger partial charge in [0.2, 0.25) is 0 Å². The molecule has 0 fully saturated rings. The van der Waals surface area contributed by atoms with Crippen molar-refractivity contribution in [3.8, 4) is 0 Å². The molecule has 0 aliphatic heterocycles. The molecule has 0 saturated heterocycles. The number of benzene rings is 2. The van der Waals surface area contributed by atoms with Gasteiger partial charge in [-0.15, -0.1) is 0 Å². The Labute approximate surface area is 119 Å². The molecule has 2 heteroatoms. The van der Waals surface area contributed by atoms with Crippen molar-refractivity contribution in [2.45, 2.75) is 6.92 Å². The highest BCUT2D eigenvalue weighted by Crippen LogP contribution is 2.08. The number of para-hydroxylation sites is 1. The first-order chi connectivity index (χ1) is 9.75. The fraction of sp³-hybridized carbons (Fsp3) is 0.0556. The van der Waals surface area contributed by atoms with E-state index in [2.05, 4.69) is 5.32 Å². The van der Waals surface area contributed by atoms with Crippen molar-refractivity contribution in [3.05, 3.63) is 84.1 Å². The van der Waals surface area contributed by atoms with Crippen LogP contribution < -0.4 is 5.32 Å². The van der Waals surface area contributed by atoms with Gasteiger partial charge < -0.3 is 5.32 Å². The summed E-state index contributed by atoms with van der Waals surface area (Å²) < 4.78 is 0. The molecule has 2 aromatic rings. The number of hydrogen-bond acceptors (Lipinski definition) is 2. The zero-order valence-corrected chi connectivity index (χ0v) is 11.4. The van der Waals surface area contributed by atoms with Crippen LogP contribution in [0.15, 0.2) is 78.5 Å². The maximum atomic E-state index is 11.9. The van der Waals surface area contributed by atoms with Crippen LogP contribution in [-0.2, 0) is 4.79 Å². The summed E-state index contributed by atoms with van der Waals surface area (Å²) in [6.07, 6.45) is 5.09. The van der Waals surface area contributed by atoms with Crippen LogP contribution in [0.25, 0.3) is 6.08 Å².